The van der Waals surface area contributed by atoms with Crippen LogP contribution in [0.5, 0.6) is 0 Å². The molecule has 13 heteroatoms. The van der Waals surface area contributed by atoms with Gasteiger partial charge in [-0.15, -0.1) is 10.2 Å². The van der Waals surface area contributed by atoms with Crippen LogP contribution in [0.15, 0.2) is 30.5 Å². The summed E-state index contributed by atoms with van der Waals surface area (Å²) in [5.41, 5.74) is 0.701. The highest BCUT2D eigenvalue weighted by Crippen LogP contribution is 2.34. The van der Waals surface area contributed by atoms with Gasteiger partial charge < -0.3 is 10.2 Å². The number of hydrogen-bond acceptors (Lipinski definition) is 11. The summed E-state index contributed by atoms with van der Waals surface area (Å²) in [6, 6.07) is 5.53. The van der Waals surface area contributed by atoms with Gasteiger partial charge in [-0.05, 0) is 38.1 Å². The molecule has 2 aromatic heterocycles. The molecule has 4 rings (SSSR count). The van der Waals surface area contributed by atoms with E-state index in [1.165, 1.54) is 29.7 Å². The van der Waals surface area contributed by atoms with E-state index in [4.69, 9.17) is 11.6 Å². The molecule has 0 spiro atoms. The lowest BCUT2D eigenvalue weighted by molar-refractivity contribution is -0.132. The van der Waals surface area contributed by atoms with Gasteiger partial charge in [-0.2, -0.15) is 0 Å². The lowest BCUT2D eigenvalue weighted by atomic mass is 9.92. The van der Waals surface area contributed by atoms with Crippen LogP contribution in [0.25, 0.3) is 10.7 Å². The Balaban J connectivity index is 1.42. The molecule has 0 radical (unpaired) electrons. The van der Waals surface area contributed by atoms with Crippen LogP contribution < -0.4 is 15.5 Å². The van der Waals surface area contributed by atoms with Crippen molar-refractivity contribution in [2.45, 2.75) is 25.4 Å². The number of benzene rings is 1. The predicted molar refractivity (Wildman–Crippen MR) is 133 cm³/mol. The summed E-state index contributed by atoms with van der Waals surface area (Å²) in [5, 5.41) is 16.2. The number of Topliss-reactive ketones (excluding diaryl/α,β-unsaturated/α-hetero) is 1. The number of carbonyl (C=O) groups is 2. The summed E-state index contributed by atoms with van der Waals surface area (Å²) >= 11 is 7.64. The highest BCUT2D eigenvalue weighted by molar-refractivity contribution is 7.18. The normalized spacial score (nSPS) is 17.3. The molecule has 1 aromatic carbocycles. The molecule has 3 heterocycles. The van der Waals surface area contributed by atoms with Gasteiger partial charge in [0.05, 0.1) is 17.3 Å². The summed E-state index contributed by atoms with van der Waals surface area (Å²) in [6.07, 6.45) is 1.86. The molecular weight excluding hydrogens is 495 g/mol. The minimum atomic E-state index is -0.543. The molecular formula is C22H24ClFN8O2S. The molecule has 35 heavy (non-hydrogen) atoms. The third-order valence-electron chi connectivity index (χ3n) is 5.94. The molecule has 2 N–H and O–H groups in total. The van der Waals surface area contributed by atoms with E-state index in [-0.39, 0.29) is 5.82 Å². The number of ketones is 1. The number of rotatable bonds is 9. The van der Waals surface area contributed by atoms with Crippen molar-refractivity contribution in [3.8, 4) is 10.7 Å². The van der Waals surface area contributed by atoms with Crippen LogP contribution in [-0.2, 0) is 9.59 Å². The molecule has 1 unspecified atom stereocenters. The summed E-state index contributed by atoms with van der Waals surface area (Å²) in [4.78, 5) is 35.4. The zero-order valence-electron chi connectivity index (χ0n) is 19.3. The first-order chi connectivity index (χ1) is 16.7. The molecule has 0 aliphatic carbocycles. The maximum Gasteiger partial charge on any atom is 0.223 e. The molecule has 1 fully saturated rings. The van der Waals surface area contributed by atoms with Crippen LogP contribution in [0, 0.1) is 5.82 Å². The Labute approximate surface area is 210 Å². The second kappa shape index (κ2) is 10.3. The number of aromatic nitrogens is 4. The summed E-state index contributed by atoms with van der Waals surface area (Å²) in [7, 11) is 1.81. The average Bonchev–Trinajstić information content (AvgIpc) is 3.44. The van der Waals surface area contributed by atoms with Crippen molar-refractivity contribution in [2.75, 3.05) is 37.0 Å². The molecule has 1 atom stereocenters. The number of halogens is 2. The van der Waals surface area contributed by atoms with E-state index < -0.39 is 17.4 Å². The summed E-state index contributed by atoms with van der Waals surface area (Å²) < 4.78 is 13.2. The standard InChI is InChI=1S/C22H24ClFN8O2S/c1-22(2)18(16(34)11-33)27-12-32(22)9-8-25-20-26-10-15(23)17(28-20)19-29-30-21(35-19)31(3)14-6-4-13(24)5-7-14/h4-7,10-11,18,27H,8-9,12H2,1-3H3,(H,25,26,28). The highest BCUT2D eigenvalue weighted by Gasteiger charge is 2.44. The van der Waals surface area contributed by atoms with Gasteiger partial charge >= 0.3 is 0 Å². The molecule has 10 nitrogen and oxygen atoms in total. The third-order valence-corrected chi connectivity index (χ3v) is 7.22. The number of hydrogen-bond donors (Lipinski definition) is 2. The molecule has 0 amide bonds. The fourth-order valence-corrected chi connectivity index (χ4v) is 4.92. The predicted octanol–water partition coefficient (Wildman–Crippen LogP) is 2.75. The topological polar surface area (TPSA) is 116 Å². The van der Waals surface area contributed by atoms with E-state index in [2.05, 4.69) is 35.7 Å². The van der Waals surface area contributed by atoms with Crippen LogP contribution in [-0.4, -0.2) is 75.5 Å². The van der Waals surface area contributed by atoms with Gasteiger partial charge in [0, 0.05) is 38.0 Å². The Hall–Kier alpha value is -3.06. The Morgan fingerprint density at radius 3 is 2.83 bits per heavy atom. The van der Waals surface area contributed by atoms with Gasteiger partial charge in [-0.1, -0.05) is 22.9 Å². The van der Waals surface area contributed by atoms with E-state index >= 15 is 0 Å². The van der Waals surface area contributed by atoms with Gasteiger partial charge in [-0.3, -0.25) is 19.8 Å². The van der Waals surface area contributed by atoms with Crippen molar-refractivity contribution in [3.05, 3.63) is 41.3 Å². The van der Waals surface area contributed by atoms with Crippen molar-refractivity contribution in [1.82, 2.24) is 30.4 Å². The number of anilines is 3. The minimum absolute atomic E-state index is 0.313. The molecule has 0 saturated carbocycles. The Morgan fingerprint density at radius 1 is 1.37 bits per heavy atom. The first-order valence-corrected chi connectivity index (χ1v) is 12.0. The van der Waals surface area contributed by atoms with Crippen molar-refractivity contribution in [1.29, 1.82) is 0 Å². The molecule has 184 valence electrons. The zero-order valence-corrected chi connectivity index (χ0v) is 20.9. The van der Waals surface area contributed by atoms with Gasteiger partial charge in [0.1, 0.15) is 11.5 Å². The van der Waals surface area contributed by atoms with E-state index in [0.29, 0.717) is 52.8 Å². The smallest absolute Gasteiger partial charge is 0.223 e. The Bertz CT molecular complexity index is 1220. The third kappa shape index (κ3) is 5.30. The van der Waals surface area contributed by atoms with E-state index in [1.54, 1.807) is 17.0 Å². The van der Waals surface area contributed by atoms with Crippen LogP contribution in [0.2, 0.25) is 5.02 Å². The van der Waals surface area contributed by atoms with Crippen LogP contribution in [0.3, 0.4) is 0 Å². The number of nitrogens with zero attached hydrogens (tertiary/aromatic N) is 6. The maximum atomic E-state index is 13.2. The molecule has 0 bridgehead atoms. The lowest BCUT2D eigenvalue weighted by Crippen LogP contribution is -2.51. The SMILES string of the molecule is CN(c1ccc(F)cc1)c1nnc(-c2nc(NCCN3CNC(C(=O)C=O)C3(C)C)ncc2Cl)s1. The fourth-order valence-electron chi connectivity index (χ4n) is 3.85. The number of carbonyl (C=O) groups excluding carboxylic acids is 2. The number of aldehydes is 1. The summed E-state index contributed by atoms with van der Waals surface area (Å²) in [5.74, 6) is -0.400. The maximum absolute atomic E-state index is 13.2. The molecule has 3 aromatic rings. The van der Waals surface area contributed by atoms with Gasteiger partial charge in [-0.25, -0.2) is 14.4 Å². The highest BCUT2D eigenvalue weighted by atomic mass is 35.5. The quantitative estimate of drug-likeness (QED) is 0.323. The van der Waals surface area contributed by atoms with Gasteiger partial charge in [0.25, 0.3) is 0 Å². The van der Waals surface area contributed by atoms with Crippen LogP contribution in [0.1, 0.15) is 13.8 Å². The Morgan fingerprint density at radius 2 is 2.11 bits per heavy atom. The number of nitrogens with one attached hydrogen (secondary N) is 2. The van der Waals surface area contributed by atoms with E-state index in [9.17, 15) is 14.0 Å². The minimum Gasteiger partial charge on any atom is -0.353 e. The van der Waals surface area contributed by atoms with Crippen molar-refractivity contribution in [3.63, 3.8) is 0 Å². The first-order valence-electron chi connectivity index (χ1n) is 10.8. The first kappa shape index (κ1) is 25.0. The second-order valence-electron chi connectivity index (χ2n) is 8.47. The van der Waals surface area contributed by atoms with Crippen molar-refractivity contribution in [2.24, 2.45) is 0 Å². The fraction of sp³-hybridized carbons (Fsp3) is 0.364. The van der Waals surface area contributed by atoms with Crippen molar-refractivity contribution >= 4 is 51.8 Å². The van der Waals surface area contributed by atoms with E-state index in [1.807, 2.05) is 20.9 Å². The van der Waals surface area contributed by atoms with E-state index in [0.717, 1.165) is 5.69 Å². The largest absolute Gasteiger partial charge is 0.353 e. The Kier molecular flexibility index (Phi) is 7.36. The molecule has 1 saturated heterocycles. The van der Waals surface area contributed by atoms with Gasteiger partial charge in [0.2, 0.25) is 16.9 Å². The lowest BCUT2D eigenvalue weighted by Gasteiger charge is -2.33. The van der Waals surface area contributed by atoms with Crippen molar-refractivity contribution < 1.29 is 14.0 Å². The van der Waals surface area contributed by atoms with Crippen LogP contribution in [0.4, 0.5) is 21.2 Å². The zero-order chi connectivity index (χ0) is 25.2. The monoisotopic (exact) mass is 518 g/mol. The average molecular weight is 519 g/mol. The second-order valence-corrected chi connectivity index (χ2v) is 9.84. The van der Waals surface area contributed by atoms with Gasteiger partial charge in [0.15, 0.2) is 11.3 Å². The molecule has 1 aliphatic rings. The summed E-state index contributed by atoms with van der Waals surface area (Å²) in [6.45, 7) is 5.43. The molecule has 1 aliphatic heterocycles. The van der Waals surface area contributed by atoms with Crippen LogP contribution >= 0.6 is 22.9 Å².